The Kier molecular flexibility index (Phi) is 4.32. The zero-order chi connectivity index (χ0) is 19.7. The van der Waals surface area contributed by atoms with Crippen LogP contribution in [0, 0.1) is 0 Å². The third-order valence-corrected chi connectivity index (χ3v) is 4.23. The van der Waals surface area contributed by atoms with Crippen LogP contribution < -0.4 is 11.0 Å². The number of carbonyl (C=O) groups is 2. The van der Waals surface area contributed by atoms with Crippen LogP contribution in [0.4, 0.5) is 5.69 Å². The van der Waals surface area contributed by atoms with E-state index in [2.05, 4.69) is 15.4 Å². The molecule has 2 heterocycles. The Morgan fingerprint density at radius 3 is 2.68 bits per heavy atom. The second kappa shape index (κ2) is 6.95. The summed E-state index contributed by atoms with van der Waals surface area (Å²) in [6, 6.07) is 13.7. The lowest BCUT2D eigenvalue weighted by Gasteiger charge is -2.09. The molecule has 2 aromatic heterocycles. The van der Waals surface area contributed by atoms with E-state index >= 15 is 0 Å². The van der Waals surface area contributed by atoms with E-state index in [9.17, 15) is 14.4 Å². The summed E-state index contributed by atoms with van der Waals surface area (Å²) in [5, 5.41) is 7.59. The fourth-order valence-corrected chi connectivity index (χ4v) is 2.91. The molecule has 0 fully saturated rings. The highest BCUT2D eigenvalue weighted by atomic mass is 16.5. The molecule has 4 aromatic rings. The molecule has 0 saturated carbocycles. The van der Waals surface area contributed by atoms with Gasteiger partial charge in [-0.2, -0.15) is 0 Å². The summed E-state index contributed by atoms with van der Waals surface area (Å²) in [6.07, 6.45) is 1.38. The van der Waals surface area contributed by atoms with Gasteiger partial charge in [0.1, 0.15) is 12.9 Å². The van der Waals surface area contributed by atoms with Gasteiger partial charge in [-0.3, -0.25) is 4.79 Å². The van der Waals surface area contributed by atoms with Crippen molar-refractivity contribution in [3.8, 4) is 0 Å². The van der Waals surface area contributed by atoms with Gasteiger partial charge in [0.05, 0.1) is 23.9 Å². The van der Waals surface area contributed by atoms with E-state index in [0.717, 1.165) is 4.68 Å². The van der Waals surface area contributed by atoms with Gasteiger partial charge >= 0.3 is 11.7 Å². The number of hydrogen-bond acceptors (Lipinski definition) is 6. The summed E-state index contributed by atoms with van der Waals surface area (Å²) in [5.41, 5.74) is 1.14. The van der Waals surface area contributed by atoms with Crippen LogP contribution in [0.15, 0.2) is 59.7 Å². The molecule has 28 heavy (non-hydrogen) atoms. The van der Waals surface area contributed by atoms with Crippen LogP contribution in [-0.4, -0.2) is 38.2 Å². The number of aromatic nitrogens is 4. The van der Waals surface area contributed by atoms with Crippen molar-refractivity contribution in [1.82, 2.24) is 19.2 Å². The predicted molar refractivity (Wildman–Crippen MR) is 101 cm³/mol. The number of para-hydroxylation sites is 2. The topological polar surface area (TPSA) is 108 Å². The SMILES string of the molecule is COC(=O)c1ccccc1NC(=O)Cn1nc2c3ccccc3ncn2c1=O. The smallest absolute Gasteiger partial charge is 0.352 e. The first-order chi connectivity index (χ1) is 13.6. The quantitative estimate of drug-likeness (QED) is 0.540. The largest absolute Gasteiger partial charge is 0.465 e. The highest BCUT2D eigenvalue weighted by Gasteiger charge is 2.16. The first-order valence-corrected chi connectivity index (χ1v) is 8.38. The number of methoxy groups -OCH3 is 1. The third kappa shape index (κ3) is 2.98. The summed E-state index contributed by atoms with van der Waals surface area (Å²) in [7, 11) is 1.26. The lowest BCUT2D eigenvalue weighted by atomic mass is 10.2. The molecule has 0 bridgehead atoms. The Bertz CT molecular complexity index is 1270. The van der Waals surface area contributed by atoms with E-state index in [1.54, 1.807) is 24.3 Å². The molecule has 0 atom stereocenters. The maximum absolute atomic E-state index is 12.6. The van der Waals surface area contributed by atoms with Gasteiger partial charge in [-0.15, -0.1) is 5.10 Å². The van der Waals surface area contributed by atoms with Crippen molar-refractivity contribution in [1.29, 1.82) is 0 Å². The minimum absolute atomic E-state index is 0.218. The predicted octanol–water partition coefficient (Wildman–Crippen LogP) is 1.47. The molecular weight excluding hydrogens is 362 g/mol. The van der Waals surface area contributed by atoms with E-state index in [1.807, 2.05) is 18.2 Å². The average Bonchev–Trinajstić information content (AvgIpc) is 3.03. The molecular formula is C19H15N5O4. The zero-order valence-electron chi connectivity index (χ0n) is 14.8. The number of esters is 1. The van der Waals surface area contributed by atoms with E-state index < -0.39 is 17.6 Å². The maximum Gasteiger partial charge on any atom is 0.352 e. The number of fused-ring (bicyclic) bond motifs is 3. The Hall–Kier alpha value is -4.01. The average molecular weight is 377 g/mol. The van der Waals surface area contributed by atoms with Gasteiger partial charge in [0.15, 0.2) is 5.65 Å². The molecule has 0 aliphatic heterocycles. The van der Waals surface area contributed by atoms with Gasteiger partial charge in [0.25, 0.3) is 0 Å². The highest BCUT2D eigenvalue weighted by Crippen LogP contribution is 2.16. The molecule has 140 valence electrons. The van der Waals surface area contributed by atoms with Crippen molar-refractivity contribution in [2.75, 3.05) is 12.4 Å². The van der Waals surface area contributed by atoms with Crippen molar-refractivity contribution in [2.45, 2.75) is 6.54 Å². The normalized spacial score (nSPS) is 10.9. The molecule has 4 rings (SSSR count). The molecule has 1 amide bonds. The van der Waals surface area contributed by atoms with Crippen LogP contribution in [0.3, 0.4) is 0 Å². The number of rotatable bonds is 4. The number of nitrogens with one attached hydrogen (secondary N) is 1. The molecule has 0 aliphatic rings. The van der Waals surface area contributed by atoms with E-state index in [-0.39, 0.29) is 12.1 Å². The number of nitrogens with zero attached hydrogens (tertiary/aromatic N) is 4. The van der Waals surface area contributed by atoms with Crippen molar-refractivity contribution in [3.63, 3.8) is 0 Å². The number of ether oxygens (including phenoxy) is 1. The first kappa shape index (κ1) is 17.4. The Balaban J connectivity index is 1.65. The third-order valence-electron chi connectivity index (χ3n) is 4.23. The molecule has 9 nitrogen and oxygen atoms in total. The number of amides is 1. The molecule has 0 spiro atoms. The summed E-state index contributed by atoms with van der Waals surface area (Å²) in [5.74, 6) is -1.07. The van der Waals surface area contributed by atoms with Gasteiger partial charge < -0.3 is 10.1 Å². The second-order valence-corrected chi connectivity index (χ2v) is 5.98. The van der Waals surface area contributed by atoms with E-state index in [4.69, 9.17) is 4.74 Å². The van der Waals surface area contributed by atoms with Crippen LogP contribution in [0.2, 0.25) is 0 Å². The number of carbonyl (C=O) groups excluding carboxylic acids is 2. The van der Waals surface area contributed by atoms with Crippen LogP contribution in [0.25, 0.3) is 16.6 Å². The molecule has 1 N–H and O–H groups in total. The first-order valence-electron chi connectivity index (χ1n) is 8.38. The standard InChI is InChI=1S/C19H15N5O4/c1-28-18(26)13-7-3-5-9-15(13)21-16(25)10-24-19(27)23-11-20-14-8-4-2-6-12(14)17(23)22-24/h2-9,11H,10H2,1H3,(H,21,25). The second-order valence-electron chi connectivity index (χ2n) is 5.98. The summed E-state index contributed by atoms with van der Waals surface area (Å²) >= 11 is 0. The monoisotopic (exact) mass is 377 g/mol. The van der Waals surface area contributed by atoms with Crippen molar-refractivity contribution in [3.05, 3.63) is 70.9 Å². The van der Waals surface area contributed by atoms with Crippen molar-refractivity contribution < 1.29 is 14.3 Å². The minimum Gasteiger partial charge on any atom is -0.465 e. The van der Waals surface area contributed by atoms with Gasteiger partial charge in [-0.1, -0.05) is 24.3 Å². The molecule has 0 saturated heterocycles. The fourth-order valence-electron chi connectivity index (χ4n) is 2.91. The van der Waals surface area contributed by atoms with Crippen molar-refractivity contribution in [2.24, 2.45) is 0 Å². The highest BCUT2D eigenvalue weighted by molar-refractivity contribution is 6.01. The van der Waals surface area contributed by atoms with Crippen LogP contribution in [0.5, 0.6) is 0 Å². The Labute approximate surface area is 158 Å². The molecule has 0 aliphatic carbocycles. The van der Waals surface area contributed by atoms with Crippen LogP contribution >= 0.6 is 0 Å². The summed E-state index contributed by atoms with van der Waals surface area (Å²) in [4.78, 5) is 41.0. The number of benzene rings is 2. The zero-order valence-corrected chi connectivity index (χ0v) is 14.8. The molecule has 0 unspecified atom stereocenters. The minimum atomic E-state index is -0.571. The molecule has 0 radical (unpaired) electrons. The molecule has 2 aromatic carbocycles. The fraction of sp³-hybridized carbons (Fsp3) is 0.105. The molecule has 9 heteroatoms. The lowest BCUT2D eigenvalue weighted by molar-refractivity contribution is -0.117. The summed E-state index contributed by atoms with van der Waals surface area (Å²) < 4.78 is 7.05. The van der Waals surface area contributed by atoms with Crippen LogP contribution in [-0.2, 0) is 16.1 Å². The van der Waals surface area contributed by atoms with E-state index in [1.165, 1.54) is 23.9 Å². The maximum atomic E-state index is 12.6. The van der Waals surface area contributed by atoms with Gasteiger partial charge in [0.2, 0.25) is 5.91 Å². The lowest BCUT2D eigenvalue weighted by Crippen LogP contribution is -2.28. The van der Waals surface area contributed by atoms with Crippen LogP contribution in [0.1, 0.15) is 10.4 Å². The van der Waals surface area contributed by atoms with E-state index in [0.29, 0.717) is 22.2 Å². The number of hydrogen-bond donors (Lipinski definition) is 1. The van der Waals surface area contributed by atoms with Gasteiger partial charge in [0, 0.05) is 5.39 Å². The Morgan fingerprint density at radius 1 is 1.11 bits per heavy atom. The van der Waals surface area contributed by atoms with Gasteiger partial charge in [-0.05, 0) is 24.3 Å². The Morgan fingerprint density at radius 2 is 1.86 bits per heavy atom. The number of anilines is 1. The van der Waals surface area contributed by atoms with Crippen molar-refractivity contribution >= 4 is 34.1 Å². The van der Waals surface area contributed by atoms with Gasteiger partial charge in [-0.25, -0.2) is 23.7 Å². The summed E-state index contributed by atoms with van der Waals surface area (Å²) in [6.45, 7) is -0.315.